The van der Waals surface area contributed by atoms with E-state index in [1.54, 1.807) is 0 Å². The van der Waals surface area contributed by atoms with Crippen molar-refractivity contribution in [2.24, 2.45) is 0 Å². The first-order valence-electron chi connectivity index (χ1n) is 6.05. The summed E-state index contributed by atoms with van der Waals surface area (Å²) in [5.41, 5.74) is -0.0259. The van der Waals surface area contributed by atoms with Crippen molar-refractivity contribution in [1.82, 2.24) is 0 Å². The average molecular weight is 301 g/mol. The lowest BCUT2D eigenvalue weighted by molar-refractivity contribution is -0.384. The van der Waals surface area contributed by atoms with Gasteiger partial charge in [0.15, 0.2) is 0 Å². The molecule has 1 aliphatic rings. The van der Waals surface area contributed by atoms with Crippen LogP contribution in [0, 0.1) is 10.1 Å². The second-order valence-corrected chi connectivity index (χ2v) is 4.69. The third-order valence-electron chi connectivity index (χ3n) is 2.81. The highest BCUT2D eigenvalue weighted by molar-refractivity contribution is 6.32. The highest BCUT2D eigenvalue weighted by Crippen LogP contribution is 2.27. The molecule has 20 heavy (non-hydrogen) atoms. The van der Waals surface area contributed by atoms with Gasteiger partial charge in [0, 0.05) is 12.7 Å². The van der Waals surface area contributed by atoms with Crippen molar-refractivity contribution in [2.45, 2.75) is 18.9 Å². The Morgan fingerprint density at radius 1 is 1.60 bits per heavy atom. The monoisotopic (exact) mass is 300 g/mol. The topological polar surface area (TPSA) is 90.7 Å². The van der Waals surface area contributed by atoms with Crippen LogP contribution >= 0.6 is 11.6 Å². The zero-order valence-corrected chi connectivity index (χ0v) is 11.3. The fourth-order valence-corrected chi connectivity index (χ4v) is 2.02. The number of hydrogen-bond acceptors (Lipinski definition) is 5. The number of ether oxygens (including phenoxy) is 2. The van der Waals surface area contributed by atoms with Crippen LogP contribution in [0.15, 0.2) is 18.2 Å². The summed E-state index contributed by atoms with van der Waals surface area (Å²) in [6.07, 6.45) is 1.07. The molecule has 1 amide bonds. The summed E-state index contributed by atoms with van der Waals surface area (Å²) in [4.78, 5) is 21.6. The smallest absolute Gasteiger partial charge is 0.411 e. The van der Waals surface area contributed by atoms with Crippen molar-refractivity contribution in [2.75, 3.05) is 18.5 Å². The molecule has 1 N–H and O–H groups in total. The molecule has 0 aliphatic carbocycles. The molecule has 1 saturated heterocycles. The third kappa shape index (κ3) is 3.82. The Balaban J connectivity index is 1.90. The van der Waals surface area contributed by atoms with Crippen molar-refractivity contribution < 1.29 is 19.2 Å². The molecule has 1 fully saturated rings. The van der Waals surface area contributed by atoms with Crippen molar-refractivity contribution in [3.63, 3.8) is 0 Å². The number of nitrogens with zero attached hydrogens (tertiary/aromatic N) is 1. The number of nitrogens with one attached hydrogen (secondary N) is 1. The fraction of sp³-hybridized carbons (Fsp3) is 0.417. The molecule has 1 aromatic carbocycles. The Kier molecular flexibility index (Phi) is 4.75. The highest BCUT2D eigenvalue weighted by atomic mass is 35.5. The molecule has 0 spiro atoms. The summed E-state index contributed by atoms with van der Waals surface area (Å²) in [6, 6.07) is 3.98. The summed E-state index contributed by atoms with van der Waals surface area (Å²) >= 11 is 5.67. The highest BCUT2D eigenvalue weighted by Gasteiger charge is 2.18. The van der Waals surface area contributed by atoms with E-state index in [0.717, 1.165) is 12.8 Å². The predicted molar refractivity (Wildman–Crippen MR) is 72.1 cm³/mol. The normalized spacial score (nSPS) is 17.8. The van der Waals surface area contributed by atoms with Crippen LogP contribution < -0.4 is 5.32 Å². The lowest BCUT2D eigenvalue weighted by Crippen LogP contribution is -2.21. The van der Waals surface area contributed by atoms with Crippen molar-refractivity contribution >= 4 is 29.1 Å². The van der Waals surface area contributed by atoms with Gasteiger partial charge in [0.25, 0.3) is 5.69 Å². The maximum Gasteiger partial charge on any atom is 0.411 e. The van der Waals surface area contributed by atoms with Gasteiger partial charge in [0.2, 0.25) is 0 Å². The molecule has 0 bridgehead atoms. The molecule has 0 aromatic heterocycles. The minimum Gasteiger partial charge on any atom is -0.447 e. The molecule has 108 valence electrons. The van der Waals surface area contributed by atoms with E-state index >= 15 is 0 Å². The van der Waals surface area contributed by atoms with Gasteiger partial charge in [0.05, 0.1) is 16.7 Å². The van der Waals surface area contributed by atoms with E-state index in [1.807, 2.05) is 0 Å². The molecule has 7 nitrogen and oxygen atoms in total. The van der Waals surface area contributed by atoms with E-state index in [0.29, 0.717) is 6.61 Å². The van der Waals surface area contributed by atoms with Crippen LogP contribution in [0.1, 0.15) is 12.8 Å². The SMILES string of the molecule is O=C(Nc1ccc(Cl)c([N+](=O)[O-])c1)OC[C@@H]1CCCO1. The zero-order valence-electron chi connectivity index (χ0n) is 10.5. The Bertz CT molecular complexity index is 517. The number of carbonyl (C=O) groups excluding carboxylic acids is 1. The quantitative estimate of drug-likeness (QED) is 0.682. The molecule has 1 heterocycles. The second kappa shape index (κ2) is 6.53. The van der Waals surface area contributed by atoms with Crippen molar-refractivity contribution in [3.05, 3.63) is 33.3 Å². The average Bonchev–Trinajstić information content (AvgIpc) is 2.91. The fourth-order valence-electron chi connectivity index (χ4n) is 1.83. The summed E-state index contributed by atoms with van der Waals surface area (Å²) in [5.74, 6) is 0. The second-order valence-electron chi connectivity index (χ2n) is 4.28. The van der Waals surface area contributed by atoms with Crippen LogP contribution in [0.2, 0.25) is 5.02 Å². The summed E-state index contributed by atoms with van der Waals surface area (Å²) in [6.45, 7) is 0.848. The van der Waals surface area contributed by atoms with E-state index in [-0.39, 0.29) is 29.1 Å². The molecule has 1 aromatic rings. The number of rotatable bonds is 4. The number of carbonyl (C=O) groups is 1. The zero-order chi connectivity index (χ0) is 14.5. The van der Waals surface area contributed by atoms with Crippen molar-refractivity contribution in [1.29, 1.82) is 0 Å². The molecule has 1 atom stereocenters. The van der Waals surface area contributed by atoms with Gasteiger partial charge in [-0.05, 0) is 25.0 Å². The lowest BCUT2D eigenvalue weighted by Gasteiger charge is -2.11. The standard InChI is InChI=1S/C12H13ClN2O5/c13-10-4-3-8(6-11(10)15(17)18)14-12(16)20-7-9-2-1-5-19-9/h3-4,6,9H,1-2,5,7H2,(H,14,16)/t9-/m0/s1. The Morgan fingerprint density at radius 3 is 3.05 bits per heavy atom. The molecular formula is C12H13ClN2O5. The Morgan fingerprint density at radius 2 is 2.40 bits per heavy atom. The van der Waals surface area contributed by atoms with Crippen molar-refractivity contribution in [3.8, 4) is 0 Å². The molecular weight excluding hydrogens is 288 g/mol. The van der Waals surface area contributed by atoms with Gasteiger partial charge < -0.3 is 9.47 Å². The summed E-state index contributed by atoms with van der Waals surface area (Å²) in [7, 11) is 0. The number of anilines is 1. The van der Waals surface area contributed by atoms with Crippen LogP contribution in [0.4, 0.5) is 16.2 Å². The largest absolute Gasteiger partial charge is 0.447 e. The summed E-state index contributed by atoms with van der Waals surface area (Å²) in [5, 5.41) is 13.1. The number of amides is 1. The first-order chi connectivity index (χ1) is 9.56. The number of halogens is 1. The molecule has 0 unspecified atom stereocenters. The van der Waals surface area contributed by atoms with E-state index in [1.165, 1.54) is 18.2 Å². The maximum absolute atomic E-state index is 11.5. The van der Waals surface area contributed by atoms with Gasteiger partial charge in [0.1, 0.15) is 11.6 Å². The Hall–Kier alpha value is -1.86. The molecule has 0 radical (unpaired) electrons. The van der Waals surface area contributed by atoms with E-state index in [9.17, 15) is 14.9 Å². The van der Waals surface area contributed by atoms with Gasteiger partial charge in [-0.15, -0.1) is 0 Å². The summed E-state index contributed by atoms with van der Waals surface area (Å²) < 4.78 is 10.3. The Labute approximate surface area is 120 Å². The van der Waals surface area contributed by atoms with Crippen LogP contribution in [0.25, 0.3) is 0 Å². The van der Waals surface area contributed by atoms with E-state index in [4.69, 9.17) is 21.1 Å². The predicted octanol–water partition coefficient (Wildman–Crippen LogP) is 2.98. The van der Waals surface area contributed by atoms with Gasteiger partial charge in [-0.1, -0.05) is 11.6 Å². The molecule has 0 saturated carbocycles. The molecule has 8 heteroatoms. The first kappa shape index (κ1) is 14.5. The number of hydrogen-bond donors (Lipinski definition) is 1. The molecule has 2 rings (SSSR count). The van der Waals surface area contributed by atoms with Crippen LogP contribution in [0.5, 0.6) is 0 Å². The number of nitro groups is 1. The van der Waals surface area contributed by atoms with Gasteiger partial charge in [-0.2, -0.15) is 0 Å². The third-order valence-corrected chi connectivity index (χ3v) is 3.13. The van der Waals surface area contributed by atoms with E-state index < -0.39 is 11.0 Å². The lowest BCUT2D eigenvalue weighted by atomic mass is 10.2. The minimum absolute atomic E-state index is 0.00766. The number of nitro benzene ring substituents is 1. The van der Waals surface area contributed by atoms with Gasteiger partial charge in [-0.25, -0.2) is 4.79 Å². The van der Waals surface area contributed by atoms with Crippen LogP contribution in [-0.2, 0) is 9.47 Å². The van der Waals surface area contributed by atoms with Gasteiger partial charge >= 0.3 is 6.09 Å². The number of benzene rings is 1. The first-order valence-corrected chi connectivity index (χ1v) is 6.43. The minimum atomic E-state index is -0.683. The molecule has 1 aliphatic heterocycles. The van der Waals surface area contributed by atoms with Crippen LogP contribution in [-0.4, -0.2) is 30.3 Å². The van der Waals surface area contributed by atoms with E-state index in [2.05, 4.69) is 5.32 Å². The van der Waals surface area contributed by atoms with Gasteiger partial charge in [-0.3, -0.25) is 15.4 Å². The van der Waals surface area contributed by atoms with Crippen LogP contribution in [0.3, 0.4) is 0 Å². The maximum atomic E-state index is 11.5.